The molecule has 0 saturated carbocycles. The van der Waals surface area contributed by atoms with Crippen LogP contribution in [0.4, 0.5) is 9.80 Å². The van der Waals surface area contributed by atoms with Crippen molar-refractivity contribution in [2.75, 3.05) is 25.0 Å². The maximum atomic E-state index is 12.2. The van der Waals surface area contributed by atoms with E-state index in [0.717, 1.165) is 12.8 Å². The van der Waals surface area contributed by atoms with Crippen LogP contribution in [0, 0.1) is 0 Å². The second-order valence-corrected chi connectivity index (χ2v) is 5.96. The molecule has 2 aromatic rings. The third-order valence-corrected chi connectivity index (χ3v) is 4.20. The number of nitrogens with zero attached hydrogens (tertiary/aromatic N) is 3. The van der Waals surface area contributed by atoms with E-state index in [9.17, 15) is 4.79 Å². The Morgan fingerprint density at radius 2 is 2.27 bits per heavy atom. The molecule has 1 aliphatic heterocycles. The van der Waals surface area contributed by atoms with Crippen LogP contribution in [0.25, 0.3) is 0 Å². The molecule has 6 nitrogen and oxygen atoms in total. The SMILES string of the molecule is O=C(Nc1cnns1)N1CCOC(CCc2ccccc2)C1. The standard InChI is InChI=1S/C15H18N4O2S/c20-15(17-14-10-16-18-22-14)19-8-9-21-13(11-19)7-6-12-4-2-1-3-5-12/h1-5,10,13H,6-9,11H2,(H,17,20). The van der Waals surface area contributed by atoms with Gasteiger partial charge >= 0.3 is 6.03 Å². The van der Waals surface area contributed by atoms with Crippen LogP contribution in [-0.2, 0) is 11.2 Å². The van der Waals surface area contributed by atoms with Crippen LogP contribution >= 0.6 is 11.5 Å². The number of ether oxygens (including phenoxy) is 1. The molecular weight excluding hydrogens is 300 g/mol. The highest BCUT2D eigenvalue weighted by molar-refractivity contribution is 7.10. The van der Waals surface area contributed by atoms with Crippen molar-refractivity contribution in [2.45, 2.75) is 18.9 Å². The Morgan fingerprint density at radius 3 is 3.05 bits per heavy atom. The number of amides is 2. The van der Waals surface area contributed by atoms with E-state index in [0.29, 0.717) is 24.7 Å². The van der Waals surface area contributed by atoms with Gasteiger partial charge in [0.25, 0.3) is 0 Å². The van der Waals surface area contributed by atoms with Gasteiger partial charge in [0.15, 0.2) is 0 Å². The zero-order valence-electron chi connectivity index (χ0n) is 12.1. The van der Waals surface area contributed by atoms with Gasteiger partial charge in [-0.1, -0.05) is 34.8 Å². The second-order valence-electron chi connectivity index (χ2n) is 5.17. The van der Waals surface area contributed by atoms with Gasteiger partial charge in [-0.2, -0.15) is 0 Å². The van der Waals surface area contributed by atoms with Gasteiger partial charge in [-0.15, -0.1) is 5.10 Å². The van der Waals surface area contributed by atoms with Crippen LogP contribution in [0.3, 0.4) is 0 Å². The smallest absolute Gasteiger partial charge is 0.322 e. The number of morpholine rings is 1. The number of aryl methyl sites for hydroxylation is 1. The first-order valence-electron chi connectivity index (χ1n) is 7.30. The van der Waals surface area contributed by atoms with Gasteiger partial charge in [0.1, 0.15) is 5.00 Å². The average Bonchev–Trinajstić information content (AvgIpc) is 3.07. The summed E-state index contributed by atoms with van der Waals surface area (Å²) in [6.07, 6.45) is 3.50. The normalized spacial score (nSPS) is 18.2. The fourth-order valence-corrected chi connectivity index (χ4v) is 2.87. The molecule has 1 atom stereocenters. The highest BCUT2D eigenvalue weighted by Gasteiger charge is 2.24. The molecular formula is C15H18N4O2S. The van der Waals surface area contributed by atoms with Crippen molar-refractivity contribution in [3.05, 3.63) is 42.1 Å². The van der Waals surface area contributed by atoms with E-state index in [2.05, 4.69) is 27.0 Å². The molecule has 1 saturated heterocycles. The van der Waals surface area contributed by atoms with Crippen LogP contribution in [0.5, 0.6) is 0 Å². The lowest BCUT2D eigenvalue weighted by atomic mass is 10.1. The molecule has 2 amide bonds. The summed E-state index contributed by atoms with van der Waals surface area (Å²) in [6, 6.07) is 10.2. The van der Waals surface area contributed by atoms with Crippen molar-refractivity contribution >= 4 is 22.6 Å². The Kier molecular flexibility index (Phi) is 4.97. The number of carbonyl (C=O) groups excluding carboxylic acids is 1. The Hall–Kier alpha value is -1.99. The lowest BCUT2D eigenvalue weighted by molar-refractivity contribution is -0.0157. The summed E-state index contributed by atoms with van der Waals surface area (Å²) in [6.45, 7) is 1.80. The zero-order chi connectivity index (χ0) is 15.2. The molecule has 0 spiro atoms. The van der Waals surface area contributed by atoms with E-state index in [1.165, 1.54) is 17.1 Å². The van der Waals surface area contributed by atoms with E-state index in [4.69, 9.17) is 4.74 Å². The number of carbonyl (C=O) groups is 1. The van der Waals surface area contributed by atoms with Gasteiger partial charge < -0.3 is 9.64 Å². The summed E-state index contributed by atoms with van der Waals surface area (Å²) in [4.78, 5) is 14.0. The fourth-order valence-electron chi connectivity index (χ4n) is 2.46. The Balaban J connectivity index is 1.49. The number of urea groups is 1. The van der Waals surface area contributed by atoms with Gasteiger partial charge in [-0.3, -0.25) is 5.32 Å². The van der Waals surface area contributed by atoms with Crippen molar-refractivity contribution < 1.29 is 9.53 Å². The van der Waals surface area contributed by atoms with E-state index in [1.807, 2.05) is 18.2 Å². The quantitative estimate of drug-likeness (QED) is 0.940. The Labute approximate surface area is 133 Å². The topological polar surface area (TPSA) is 67.4 Å². The minimum Gasteiger partial charge on any atom is -0.375 e. The summed E-state index contributed by atoms with van der Waals surface area (Å²) < 4.78 is 9.50. The highest BCUT2D eigenvalue weighted by atomic mass is 32.1. The maximum Gasteiger partial charge on any atom is 0.322 e. The first-order chi connectivity index (χ1) is 10.8. The number of rotatable bonds is 4. The van der Waals surface area contributed by atoms with E-state index in [1.54, 1.807) is 11.1 Å². The summed E-state index contributed by atoms with van der Waals surface area (Å²) in [5, 5.41) is 7.18. The second kappa shape index (κ2) is 7.33. The molecule has 116 valence electrons. The number of benzene rings is 1. The van der Waals surface area contributed by atoms with E-state index in [-0.39, 0.29) is 12.1 Å². The van der Waals surface area contributed by atoms with Gasteiger partial charge in [0.2, 0.25) is 0 Å². The molecule has 0 aliphatic carbocycles. The zero-order valence-corrected chi connectivity index (χ0v) is 13.0. The molecule has 1 fully saturated rings. The largest absolute Gasteiger partial charge is 0.375 e. The molecule has 1 aliphatic rings. The maximum absolute atomic E-state index is 12.2. The van der Waals surface area contributed by atoms with Crippen LogP contribution in [0.1, 0.15) is 12.0 Å². The number of aromatic nitrogens is 2. The molecule has 0 radical (unpaired) electrons. The number of hydrogen-bond acceptors (Lipinski definition) is 5. The lowest BCUT2D eigenvalue weighted by Crippen LogP contribution is -2.47. The molecule has 0 bridgehead atoms. The van der Waals surface area contributed by atoms with Crippen LogP contribution in [0.2, 0.25) is 0 Å². The van der Waals surface area contributed by atoms with Gasteiger partial charge in [0.05, 0.1) is 18.9 Å². The molecule has 1 unspecified atom stereocenters. The van der Waals surface area contributed by atoms with Crippen molar-refractivity contribution in [2.24, 2.45) is 0 Å². The number of anilines is 1. The van der Waals surface area contributed by atoms with Crippen LogP contribution in [0.15, 0.2) is 36.5 Å². The van der Waals surface area contributed by atoms with Crippen molar-refractivity contribution in [1.29, 1.82) is 0 Å². The molecule has 7 heteroatoms. The monoisotopic (exact) mass is 318 g/mol. The molecule has 22 heavy (non-hydrogen) atoms. The van der Waals surface area contributed by atoms with Crippen LogP contribution < -0.4 is 5.32 Å². The number of hydrogen-bond donors (Lipinski definition) is 1. The number of nitrogens with one attached hydrogen (secondary N) is 1. The summed E-state index contributed by atoms with van der Waals surface area (Å²) >= 11 is 1.17. The van der Waals surface area contributed by atoms with Crippen molar-refractivity contribution in [3.63, 3.8) is 0 Å². The molecule has 2 heterocycles. The Bertz CT molecular complexity index is 591. The molecule has 3 rings (SSSR count). The first kappa shape index (κ1) is 14.9. The molecule has 1 aromatic carbocycles. The first-order valence-corrected chi connectivity index (χ1v) is 8.07. The Morgan fingerprint density at radius 1 is 1.41 bits per heavy atom. The molecule has 1 aromatic heterocycles. The fraction of sp³-hybridized carbons (Fsp3) is 0.400. The summed E-state index contributed by atoms with van der Waals surface area (Å²) in [7, 11) is 0. The van der Waals surface area contributed by atoms with Crippen LogP contribution in [-0.4, -0.2) is 46.3 Å². The minimum atomic E-state index is -0.112. The van der Waals surface area contributed by atoms with Crippen molar-refractivity contribution in [1.82, 2.24) is 14.5 Å². The van der Waals surface area contributed by atoms with Crippen molar-refractivity contribution in [3.8, 4) is 0 Å². The third kappa shape index (κ3) is 4.02. The van der Waals surface area contributed by atoms with Gasteiger partial charge in [0, 0.05) is 24.6 Å². The highest BCUT2D eigenvalue weighted by Crippen LogP contribution is 2.15. The van der Waals surface area contributed by atoms with E-state index >= 15 is 0 Å². The van der Waals surface area contributed by atoms with Gasteiger partial charge in [-0.25, -0.2) is 4.79 Å². The molecule has 1 N–H and O–H groups in total. The van der Waals surface area contributed by atoms with E-state index < -0.39 is 0 Å². The predicted molar refractivity (Wildman–Crippen MR) is 85.0 cm³/mol. The minimum absolute atomic E-state index is 0.0827. The van der Waals surface area contributed by atoms with Gasteiger partial charge in [-0.05, 0) is 18.4 Å². The third-order valence-electron chi connectivity index (χ3n) is 3.62. The predicted octanol–water partition coefficient (Wildman–Crippen LogP) is 2.40. The average molecular weight is 318 g/mol. The lowest BCUT2D eigenvalue weighted by Gasteiger charge is -2.32. The summed E-state index contributed by atoms with van der Waals surface area (Å²) in [5.74, 6) is 0. The summed E-state index contributed by atoms with van der Waals surface area (Å²) in [5.41, 5.74) is 1.29.